The van der Waals surface area contributed by atoms with Crippen LogP contribution in [0.5, 0.6) is 0 Å². The molecule has 30 heavy (non-hydrogen) atoms. The monoisotopic (exact) mass is 416 g/mol. The van der Waals surface area contributed by atoms with Gasteiger partial charge in [-0.3, -0.25) is 9.78 Å². The highest BCUT2D eigenvalue weighted by Gasteiger charge is 2.17. The lowest BCUT2D eigenvalue weighted by molar-refractivity contribution is 0.101. The quantitative estimate of drug-likeness (QED) is 0.475. The fourth-order valence-corrected chi connectivity index (χ4v) is 4.91. The lowest BCUT2D eigenvalue weighted by Crippen LogP contribution is -2.29. The second-order valence-corrected chi connectivity index (χ2v) is 8.69. The highest BCUT2D eigenvalue weighted by molar-refractivity contribution is 7.09. The molecule has 0 atom stereocenters. The van der Waals surface area contributed by atoms with Gasteiger partial charge in [-0.05, 0) is 61.0 Å². The zero-order chi connectivity index (χ0) is 20.3. The molecule has 3 aromatic heterocycles. The van der Waals surface area contributed by atoms with E-state index in [9.17, 15) is 4.79 Å². The lowest BCUT2D eigenvalue weighted by Gasteiger charge is -2.30. The van der Waals surface area contributed by atoms with Crippen LogP contribution in [-0.2, 0) is 6.54 Å². The number of benzene rings is 1. The summed E-state index contributed by atoms with van der Waals surface area (Å²) < 4.78 is 1.99. The highest BCUT2D eigenvalue weighted by Crippen LogP contribution is 2.33. The summed E-state index contributed by atoms with van der Waals surface area (Å²) >= 11 is 1.70. The van der Waals surface area contributed by atoms with E-state index in [0.29, 0.717) is 12.2 Å². The summed E-state index contributed by atoms with van der Waals surface area (Å²) in [6.07, 6.45) is 9.39. The lowest BCUT2D eigenvalue weighted by atomic mass is 10.0. The molecule has 6 heteroatoms. The van der Waals surface area contributed by atoms with Gasteiger partial charge in [-0.1, -0.05) is 6.07 Å². The molecule has 5 rings (SSSR count). The zero-order valence-electron chi connectivity index (χ0n) is 16.8. The van der Waals surface area contributed by atoms with E-state index in [1.54, 1.807) is 11.3 Å². The predicted octanol–water partition coefficient (Wildman–Crippen LogP) is 5.39. The molecule has 1 saturated heterocycles. The molecule has 5 nitrogen and oxygen atoms in total. The Bertz CT molecular complexity index is 1160. The maximum Gasteiger partial charge on any atom is 0.272 e. The smallest absolute Gasteiger partial charge is 0.272 e. The third kappa shape index (κ3) is 3.71. The molecule has 1 aliphatic rings. The number of piperidine rings is 1. The van der Waals surface area contributed by atoms with Crippen LogP contribution in [0.1, 0.15) is 34.6 Å². The summed E-state index contributed by atoms with van der Waals surface area (Å²) in [6, 6.07) is 14.1. The van der Waals surface area contributed by atoms with Crippen molar-refractivity contribution in [2.24, 2.45) is 0 Å². The van der Waals surface area contributed by atoms with Crippen LogP contribution in [0.3, 0.4) is 0 Å². The van der Waals surface area contributed by atoms with Crippen LogP contribution in [-0.4, -0.2) is 28.5 Å². The van der Waals surface area contributed by atoms with Crippen LogP contribution in [0, 0.1) is 0 Å². The van der Waals surface area contributed by atoms with Crippen LogP contribution in [0.2, 0.25) is 0 Å². The molecule has 1 aromatic carbocycles. The van der Waals surface area contributed by atoms with E-state index in [-0.39, 0.29) is 5.91 Å². The average molecular weight is 417 g/mol. The van der Waals surface area contributed by atoms with Gasteiger partial charge in [0.05, 0.1) is 12.2 Å². The molecular formula is C24H24N4OS. The van der Waals surface area contributed by atoms with Gasteiger partial charge in [0, 0.05) is 53.0 Å². The number of amides is 1. The van der Waals surface area contributed by atoms with Gasteiger partial charge in [0.15, 0.2) is 0 Å². The van der Waals surface area contributed by atoms with E-state index >= 15 is 0 Å². The van der Waals surface area contributed by atoms with Crippen molar-refractivity contribution in [3.8, 4) is 0 Å². The second kappa shape index (κ2) is 8.32. The van der Waals surface area contributed by atoms with E-state index in [4.69, 9.17) is 0 Å². The average Bonchev–Trinajstić information content (AvgIpc) is 3.47. The van der Waals surface area contributed by atoms with Gasteiger partial charge in [0.25, 0.3) is 5.91 Å². The summed E-state index contributed by atoms with van der Waals surface area (Å²) in [6.45, 7) is 2.86. The van der Waals surface area contributed by atoms with E-state index in [2.05, 4.69) is 38.8 Å². The molecule has 0 bridgehead atoms. The van der Waals surface area contributed by atoms with E-state index in [1.165, 1.54) is 29.8 Å². The standard InChI is InChI=1S/C24H24N4OS/c29-24(23-7-4-14-28(23)17-18-6-5-15-30-18)26-21-8-9-22(27-12-2-1-3-13-27)19-10-11-25-16-20(19)21/h4-11,14-16H,1-3,12-13,17H2,(H,26,29). The van der Waals surface area contributed by atoms with Crippen LogP contribution < -0.4 is 10.2 Å². The van der Waals surface area contributed by atoms with Crippen molar-refractivity contribution >= 4 is 39.4 Å². The van der Waals surface area contributed by atoms with Gasteiger partial charge in [0.2, 0.25) is 0 Å². The number of aromatic nitrogens is 2. The maximum absolute atomic E-state index is 13.1. The minimum atomic E-state index is -0.104. The first kappa shape index (κ1) is 18.9. The number of carbonyl (C=O) groups is 1. The Balaban J connectivity index is 1.44. The molecule has 1 fully saturated rings. The van der Waals surface area contributed by atoms with E-state index in [1.807, 2.05) is 47.4 Å². The fourth-order valence-electron chi connectivity index (χ4n) is 4.21. The van der Waals surface area contributed by atoms with Crippen molar-refractivity contribution in [3.05, 3.63) is 77.0 Å². The van der Waals surface area contributed by atoms with Gasteiger partial charge < -0.3 is 14.8 Å². The number of hydrogen-bond donors (Lipinski definition) is 1. The number of nitrogens with zero attached hydrogens (tertiary/aromatic N) is 3. The van der Waals surface area contributed by atoms with Gasteiger partial charge in [-0.2, -0.15) is 0 Å². The van der Waals surface area contributed by atoms with Crippen molar-refractivity contribution in [2.75, 3.05) is 23.3 Å². The van der Waals surface area contributed by atoms with Crippen LogP contribution >= 0.6 is 11.3 Å². The SMILES string of the molecule is O=C(Nc1ccc(N2CCCCC2)c2ccncc12)c1cccn1Cc1cccs1. The minimum absolute atomic E-state index is 0.104. The molecule has 0 radical (unpaired) electrons. The molecule has 0 aliphatic carbocycles. The number of anilines is 2. The molecular weight excluding hydrogens is 392 g/mol. The number of pyridine rings is 1. The van der Waals surface area contributed by atoms with Gasteiger partial charge in [0.1, 0.15) is 5.69 Å². The Morgan fingerprint density at radius 1 is 1.03 bits per heavy atom. The van der Waals surface area contributed by atoms with Gasteiger partial charge in [-0.15, -0.1) is 11.3 Å². The van der Waals surface area contributed by atoms with Crippen LogP contribution in [0.15, 0.2) is 66.4 Å². The number of hydrogen-bond acceptors (Lipinski definition) is 4. The normalized spacial score (nSPS) is 14.2. The Morgan fingerprint density at radius 3 is 2.77 bits per heavy atom. The maximum atomic E-state index is 13.1. The Morgan fingerprint density at radius 2 is 1.93 bits per heavy atom. The number of carbonyl (C=O) groups excluding carboxylic acids is 1. The predicted molar refractivity (Wildman–Crippen MR) is 124 cm³/mol. The first-order valence-electron chi connectivity index (χ1n) is 10.4. The Labute approximate surface area is 180 Å². The van der Waals surface area contributed by atoms with Crippen LogP contribution in [0.4, 0.5) is 11.4 Å². The van der Waals surface area contributed by atoms with Crippen molar-refractivity contribution < 1.29 is 4.79 Å². The Kier molecular flexibility index (Phi) is 5.24. The third-order valence-corrected chi connectivity index (χ3v) is 6.57. The summed E-state index contributed by atoms with van der Waals surface area (Å²) in [7, 11) is 0. The summed E-state index contributed by atoms with van der Waals surface area (Å²) in [5.41, 5.74) is 2.68. The van der Waals surface area contributed by atoms with E-state index in [0.717, 1.165) is 29.5 Å². The first-order chi connectivity index (χ1) is 14.8. The van der Waals surface area contributed by atoms with Crippen molar-refractivity contribution in [1.29, 1.82) is 0 Å². The largest absolute Gasteiger partial charge is 0.371 e. The van der Waals surface area contributed by atoms with Crippen molar-refractivity contribution in [2.45, 2.75) is 25.8 Å². The molecule has 0 unspecified atom stereocenters. The third-order valence-electron chi connectivity index (χ3n) is 5.71. The van der Waals surface area contributed by atoms with Gasteiger partial charge in [-0.25, -0.2) is 0 Å². The van der Waals surface area contributed by atoms with Crippen LogP contribution in [0.25, 0.3) is 10.8 Å². The molecule has 4 aromatic rings. The molecule has 1 aliphatic heterocycles. The highest BCUT2D eigenvalue weighted by atomic mass is 32.1. The second-order valence-electron chi connectivity index (χ2n) is 7.66. The number of fused-ring (bicyclic) bond motifs is 1. The number of nitrogens with one attached hydrogen (secondary N) is 1. The molecule has 0 spiro atoms. The Hall–Kier alpha value is -3.12. The molecule has 1 N–H and O–H groups in total. The summed E-state index contributed by atoms with van der Waals surface area (Å²) in [4.78, 5) is 21.1. The zero-order valence-corrected chi connectivity index (χ0v) is 17.6. The molecule has 0 saturated carbocycles. The van der Waals surface area contributed by atoms with E-state index < -0.39 is 0 Å². The summed E-state index contributed by atoms with van der Waals surface area (Å²) in [5.74, 6) is -0.104. The van der Waals surface area contributed by atoms with Crippen molar-refractivity contribution in [3.63, 3.8) is 0 Å². The summed E-state index contributed by atoms with van der Waals surface area (Å²) in [5, 5.41) is 7.29. The molecule has 4 heterocycles. The number of rotatable bonds is 5. The topological polar surface area (TPSA) is 50.2 Å². The molecule has 1 amide bonds. The van der Waals surface area contributed by atoms with Crippen molar-refractivity contribution in [1.82, 2.24) is 9.55 Å². The number of thiophene rings is 1. The fraction of sp³-hybridized carbons (Fsp3) is 0.250. The molecule has 152 valence electrons. The minimum Gasteiger partial charge on any atom is -0.371 e. The first-order valence-corrected chi connectivity index (χ1v) is 11.3. The van der Waals surface area contributed by atoms with Gasteiger partial charge >= 0.3 is 0 Å².